The van der Waals surface area contributed by atoms with Crippen LogP contribution < -0.4 is 0 Å². The lowest BCUT2D eigenvalue weighted by Gasteiger charge is -2.31. The third kappa shape index (κ3) is 6.43. The van der Waals surface area contributed by atoms with Crippen molar-refractivity contribution in [1.29, 1.82) is 5.41 Å². The van der Waals surface area contributed by atoms with Crippen molar-refractivity contribution in [2.75, 3.05) is 13.7 Å². The van der Waals surface area contributed by atoms with Gasteiger partial charge in [0.05, 0.1) is 12.5 Å². The Bertz CT molecular complexity index is 478. The summed E-state index contributed by atoms with van der Waals surface area (Å²) in [5, 5.41) is 17.6. The van der Waals surface area contributed by atoms with Crippen LogP contribution in [0.1, 0.15) is 41.0 Å². The zero-order valence-electron chi connectivity index (χ0n) is 15.0. The monoisotopic (exact) mass is 345 g/mol. The average Bonchev–Trinajstić information content (AvgIpc) is 2.49. The number of aliphatic carboxylic acids is 1. The molecule has 9 heteroatoms. The Morgan fingerprint density at radius 2 is 1.71 bits per heavy atom. The molecule has 1 atom stereocenters. The average molecular weight is 345 g/mol. The number of nitrogens with zero attached hydrogens (tertiary/aromatic N) is 2. The number of likely N-dealkylation sites (N-methyl/N-ethyl adjacent to an activating group) is 1. The number of hydrogen-bond donors (Lipinski definition) is 2. The van der Waals surface area contributed by atoms with Crippen LogP contribution in [0.25, 0.3) is 0 Å². The molecular formula is C15H27N3O6. The molecule has 138 valence electrons. The van der Waals surface area contributed by atoms with Gasteiger partial charge in [-0.25, -0.2) is 14.4 Å². The van der Waals surface area contributed by atoms with Crippen molar-refractivity contribution in [2.24, 2.45) is 11.8 Å². The molecular weight excluding hydrogens is 318 g/mol. The summed E-state index contributed by atoms with van der Waals surface area (Å²) in [4.78, 5) is 41.1. The van der Waals surface area contributed by atoms with E-state index in [0.29, 0.717) is 5.06 Å². The van der Waals surface area contributed by atoms with Gasteiger partial charge in [-0.1, -0.05) is 39.7 Å². The van der Waals surface area contributed by atoms with Gasteiger partial charge in [0.1, 0.15) is 6.04 Å². The lowest BCUT2D eigenvalue weighted by atomic mass is 10.2. The number of hydroxylamine groups is 2. The summed E-state index contributed by atoms with van der Waals surface area (Å²) in [5.41, 5.74) is 0. The number of hydrogen-bond acceptors (Lipinski definition) is 6. The van der Waals surface area contributed by atoms with Crippen molar-refractivity contribution in [1.82, 2.24) is 9.96 Å². The van der Waals surface area contributed by atoms with Gasteiger partial charge in [0.2, 0.25) is 5.96 Å². The van der Waals surface area contributed by atoms with E-state index in [4.69, 9.17) is 15.0 Å². The van der Waals surface area contributed by atoms with E-state index in [2.05, 4.69) is 0 Å². The van der Waals surface area contributed by atoms with Gasteiger partial charge in [0, 0.05) is 7.05 Å². The number of carboxylic acid groups (broad SMARTS) is 1. The predicted octanol–water partition coefficient (Wildman–Crippen LogP) is 1.92. The predicted molar refractivity (Wildman–Crippen MR) is 86.2 cm³/mol. The minimum atomic E-state index is -1.16. The first kappa shape index (κ1) is 21.7. The molecule has 0 radical (unpaired) electrons. The molecule has 0 aliphatic heterocycles. The quantitative estimate of drug-likeness (QED) is 0.428. The van der Waals surface area contributed by atoms with Crippen molar-refractivity contribution in [3.8, 4) is 0 Å². The number of amides is 1. The summed E-state index contributed by atoms with van der Waals surface area (Å²) < 4.78 is 4.99. The van der Waals surface area contributed by atoms with Crippen LogP contribution in [0.15, 0.2) is 0 Å². The highest BCUT2D eigenvalue weighted by molar-refractivity contribution is 5.94. The molecule has 0 aliphatic carbocycles. The minimum absolute atomic E-state index is 0.0472. The van der Waals surface area contributed by atoms with E-state index in [1.807, 2.05) is 13.8 Å². The molecule has 0 aliphatic rings. The zero-order valence-corrected chi connectivity index (χ0v) is 15.0. The van der Waals surface area contributed by atoms with Crippen molar-refractivity contribution in [3.63, 3.8) is 0 Å². The van der Waals surface area contributed by atoms with Crippen LogP contribution >= 0.6 is 0 Å². The van der Waals surface area contributed by atoms with Crippen molar-refractivity contribution < 1.29 is 29.1 Å². The maximum Gasteiger partial charge on any atom is 0.451 e. The smallest absolute Gasteiger partial charge is 0.451 e. The molecule has 0 aromatic rings. The Morgan fingerprint density at radius 1 is 1.17 bits per heavy atom. The molecule has 9 nitrogen and oxygen atoms in total. The third-order valence-corrected chi connectivity index (χ3v) is 3.02. The first-order chi connectivity index (χ1) is 11.0. The van der Waals surface area contributed by atoms with Gasteiger partial charge in [-0.05, 0) is 12.3 Å². The maximum absolute atomic E-state index is 12.1. The van der Waals surface area contributed by atoms with E-state index in [1.165, 1.54) is 7.05 Å². The number of nitrogens with one attached hydrogen (secondary N) is 1. The highest BCUT2D eigenvalue weighted by Crippen LogP contribution is 2.10. The topological polar surface area (TPSA) is 120 Å². The Labute approximate surface area is 142 Å². The fourth-order valence-electron chi connectivity index (χ4n) is 1.56. The summed E-state index contributed by atoms with van der Waals surface area (Å²) in [6.07, 6.45) is -0.851. The molecule has 24 heavy (non-hydrogen) atoms. The van der Waals surface area contributed by atoms with Crippen LogP contribution in [0.3, 0.4) is 0 Å². The second kappa shape index (κ2) is 9.74. The van der Waals surface area contributed by atoms with E-state index >= 15 is 0 Å². The summed E-state index contributed by atoms with van der Waals surface area (Å²) in [6, 6.07) is -1.05. The third-order valence-electron chi connectivity index (χ3n) is 3.02. The molecule has 0 aromatic heterocycles. The van der Waals surface area contributed by atoms with Gasteiger partial charge in [0.15, 0.2) is 0 Å². The second-order valence-electron chi connectivity index (χ2n) is 6.03. The molecule has 1 amide bonds. The van der Waals surface area contributed by atoms with Crippen molar-refractivity contribution >= 4 is 24.0 Å². The first-order valence-corrected chi connectivity index (χ1v) is 7.75. The molecule has 2 N–H and O–H groups in total. The lowest BCUT2D eigenvalue weighted by molar-refractivity contribution is -0.173. The molecule has 0 aromatic carbocycles. The second-order valence-corrected chi connectivity index (χ2v) is 6.03. The van der Waals surface area contributed by atoms with Crippen LogP contribution in [0.5, 0.6) is 0 Å². The minimum Gasteiger partial charge on any atom is -0.480 e. The van der Waals surface area contributed by atoms with Gasteiger partial charge >= 0.3 is 18.0 Å². The number of carbonyl (C=O) groups excluding carboxylic acids is 2. The van der Waals surface area contributed by atoms with Crippen LogP contribution in [0.4, 0.5) is 4.79 Å². The highest BCUT2D eigenvalue weighted by Gasteiger charge is 2.33. The van der Waals surface area contributed by atoms with E-state index < -0.39 is 36.0 Å². The lowest BCUT2D eigenvalue weighted by Crippen LogP contribution is -2.52. The largest absolute Gasteiger partial charge is 0.480 e. The van der Waals surface area contributed by atoms with Gasteiger partial charge in [-0.15, -0.1) is 0 Å². The number of carboxylic acids is 1. The van der Waals surface area contributed by atoms with E-state index in [1.54, 1.807) is 20.8 Å². The Hall–Kier alpha value is -2.32. The number of rotatable bonds is 6. The number of ether oxygens (including phenoxy) is 1. The molecule has 0 heterocycles. The highest BCUT2D eigenvalue weighted by atomic mass is 16.8. The molecule has 1 unspecified atom stereocenters. The van der Waals surface area contributed by atoms with Crippen LogP contribution in [0, 0.1) is 17.2 Å². The standard InChI is InChI=1S/C15H27N3O6/c1-7-11(12(19)20)17(6)14(16)18(24-13(21)10(4)5)15(22)23-8-9(2)3/h9-11,16H,7-8H2,1-6H3,(H,19,20). The first-order valence-electron chi connectivity index (χ1n) is 7.75. The van der Waals surface area contributed by atoms with Crippen LogP contribution in [-0.4, -0.2) is 58.8 Å². The maximum atomic E-state index is 12.1. The van der Waals surface area contributed by atoms with E-state index in [9.17, 15) is 19.5 Å². The Morgan fingerprint density at radius 3 is 2.08 bits per heavy atom. The summed E-state index contributed by atoms with van der Waals surface area (Å²) in [6.45, 7) is 8.49. The zero-order chi connectivity index (χ0) is 19.0. The molecule has 0 rings (SSSR count). The Balaban J connectivity index is 5.35. The van der Waals surface area contributed by atoms with Gasteiger partial charge in [-0.3, -0.25) is 5.41 Å². The molecule has 0 fully saturated rings. The van der Waals surface area contributed by atoms with Gasteiger partial charge < -0.3 is 19.6 Å². The van der Waals surface area contributed by atoms with Crippen LogP contribution in [0.2, 0.25) is 0 Å². The molecule has 0 saturated carbocycles. The normalized spacial score (nSPS) is 11.8. The van der Waals surface area contributed by atoms with Crippen LogP contribution in [-0.2, 0) is 19.2 Å². The van der Waals surface area contributed by atoms with E-state index in [-0.39, 0.29) is 18.9 Å². The fourth-order valence-corrected chi connectivity index (χ4v) is 1.56. The van der Waals surface area contributed by atoms with E-state index in [0.717, 1.165) is 4.90 Å². The summed E-state index contributed by atoms with van der Waals surface area (Å²) in [7, 11) is 1.33. The van der Waals surface area contributed by atoms with Crippen molar-refractivity contribution in [2.45, 2.75) is 47.1 Å². The number of carbonyl (C=O) groups is 3. The summed E-state index contributed by atoms with van der Waals surface area (Å²) >= 11 is 0. The summed E-state index contributed by atoms with van der Waals surface area (Å²) in [5.74, 6) is -2.98. The molecule has 0 spiro atoms. The molecule has 0 saturated heterocycles. The fraction of sp³-hybridized carbons (Fsp3) is 0.733. The Kier molecular flexibility index (Phi) is 8.80. The number of guanidine groups is 1. The van der Waals surface area contributed by atoms with Gasteiger partial charge in [0.25, 0.3) is 0 Å². The van der Waals surface area contributed by atoms with Crippen molar-refractivity contribution in [3.05, 3.63) is 0 Å². The molecule has 0 bridgehead atoms. The van der Waals surface area contributed by atoms with Gasteiger partial charge in [-0.2, -0.15) is 0 Å². The SMILES string of the molecule is CCC(C(=O)O)N(C)C(=N)N(OC(=O)C(C)C)C(=O)OCC(C)C.